The lowest BCUT2D eigenvalue weighted by molar-refractivity contribution is 0.507. The maximum atomic E-state index is 14.0. The largest absolute Gasteiger partial charge is 0.383 e. The number of hydrogen-bond donors (Lipinski definition) is 1. The number of halogens is 3. The van der Waals surface area contributed by atoms with Gasteiger partial charge in [-0.1, -0.05) is 17.7 Å². The summed E-state index contributed by atoms with van der Waals surface area (Å²) in [6.07, 6.45) is 0. The Morgan fingerprint density at radius 1 is 1.10 bits per heavy atom. The van der Waals surface area contributed by atoms with Gasteiger partial charge in [-0.3, -0.25) is 4.99 Å². The molecule has 102 valence electrons. The van der Waals surface area contributed by atoms with Gasteiger partial charge in [-0.25, -0.2) is 8.78 Å². The van der Waals surface area contributed by atoms with Crippen LogP contribution < -0.4 is 5.32 Å². The number of nitrogens with one attached hydrogen (secondary N) is 1. The highest BCUT2D eigenvalue weighted by atomic mass is 35.5. The molecule has 0 aliphatic carbocycles. The number of nitrogens with zero attached hydrogens (tertiary/aromatic N) is 1. The van der Waals surface area contributed by atoms with Crippen LogP contribution >= 0.6 is 11.6 Å². The first kappa shape index (κ1) is 13.1. The monoisotopic (exact) mass is 292 g/mol. The molecule has 0 bridgehead atoms. The second-order valence-electron chi connectivity index (χ2n) is 4.45. The van der Waals surface area contributed by atoms with Gasteiger partial charge in [-0.15, -0.1) is 0 Å². The molecule has 0 fully saturated rings. The van der Waals surface area contributed by atoms with Gasteiger partial charge in [0.05, 0.1) is 12.3 Å². The molecule has 2 aromatic rings. The van der Waals surface area contributed by atoms with Crippen molar-refractivity contribution in [1.82, 2.24) is 0 Å². The lowest BCUT2D eigenvalue weighted by Gasteiger charge is -2.11. The van der Waals surface area contributed by atoms with Crippen molar-refractivity contribution < 1.29 is 8.78 Å². The molecular weight excluding hydrogens is 282 g/mol. The van der Waals surface area contributed by atoms with Crippen molar-refractivity contribution in [3.63, 3.8) is 0 Å². The van der Waals surface area contributed by atoms with Gasteiger partial charge in [0, 0.05) is 28.4 Å². The molecule has 1 N–H and O–H groups in total. The van der Waals surface area contributed by atoms with Crippen LogP contribution in [0.25, 0.3) is 0 Å². The molecule has 0 atom stereocenters. The fraction of sp³-hybridized carbons (Fsp3) is 0.133. The van der Waals surface area contributed by atoms with Crippen LogP contribution in [0.4, 0.5) is 14.5 Å². The first-order chi connectivity index (χ1) is 9.66. The lowest BCUT2D eigenvalue weighted by Crippen LogP contribution is -2.08. The number of hydrogen-bond acceptors (Lipinski definition) is 2. The van der Waals surface area contributed by atoms with Gasteiger partial charge < -0.3 is 5.32 Å². The van der Waals surface area contributed by atoms with Crippen LogP contribution in [-0.4, -0.2) is 18.8 Å². The highest BCUT2D eigenvalue weighted by Gasteiger charge is 2.19. The van der Waals surface area contributed by atoms with E-state index in [2.05, 4.69) is 10.3 Å². The topological polar surface area (TPSA) is 24.4 Å². The van der Waals surface area contributed by atoms with Crippen molar-refractivity contribution in [3.8, 4) is 0 Å². The van der Waals surface area contributed by atoms with Crippen LogP contribution in [0.5, 0.6) is 0 Å². The minimum absolute atomic E-state index is 0.150. The Labute approximate surface area is 120 Å². The third kappa shape index (κ3) is 2.27. The van der Waals surface area contributed by atoms with Crippen molar-refractivity contribution in [1.29, 1.82) is 0 Å². The second kappa shape index (κ2) is 5.21. The van der Waals surface area contributed by atoms with Crippen LogP contribution in [0.1, 0.15) is 11.1 Å². The molecular formula is C15H11ClF2N2. The molecule has 2 nitrogen and oxygen atoms in total. The van der Waals surface area contributed by atoms with E-state index in [0.29, 0.717) is 29.4 Å². The molecule has 1 aliphatic rings. The predicted octanol–water partition coefficient (Wildman–Crippen LogP) is 3.88. The normalized spacial score (nSPS) is 14.1. The number of aliphatic imine (C=N–C) groups is 1. The zero-order valence-corrected chi connectivity index (χ0v) is 11.2. The lowest BCUT2D eigenvalue weighted by atomic mass is 10.00. The molecule has 3 rings (SSSR count). The SMILES string of the molecule is Fc1cccc(C2=NCCNc3ccc(Cl)cc32)c1F. The molecule has 1 aliphatic heterocycles. The summed E-state index contributed by atoms with van der Waals surface area (Å²) in [5.74, 6) is -1.77. The second-order valence-corrected chi connectivity index (χ2v) is 4.88. The molecule has 0 aromatic heterocycles. The Bertz CT molecular complexity index is 698. The molecule has 0 saturated heterocycles. The van der Waals surface area contributed by atoms with E-state index in [0.717, 1.165) is 11.8 Å². The fourth-order valence-electron chi connectivity index (χ4n) is 2.23. The van der Waals surface area contributed by atoms with Crippen LogP contribution in [0, 0.1) is 11.6 Å². The number of rotatable bonds is 1. The number of benzodiazepines with no additional fused rings is 1. The molecule has 0 spiro atoms. The summed E-state index contributed by atoms with van der Waals surface area (Å²) in [6.45, 7) is 1.12. The third-order valence-electron chi connectivity index (χ3n) is 3.14. The summed E-state index contributed by atoms with van der Waals surface area (Å²) in [4.78, 5) is 4.37. The standard InChI is InChI=1S/C15H11ClF2N2/c16-9-4-5-13-11(8-9)15(20-7-6-19-13)10-2-1-3-12(17)14(10)18/h1-5,8,19H,6-7H2. The van der Waals surface area contributed by atoms with Crippen molar-refractivity contribution in [2.45, 2.75) is 0 Å². The third-order valence-corrected chi connectivity index (χ3v) is 3.38. The van der Waals surface area contributed by atoms with E-state index in [-0.39, 0.29) is 5.56 Å². The molecule has 1 heterocycles. The molecule has 0 radical (unpaired) electrons. The fourth-order valence-corrected chi connectivity index (χ4v) is 2.40. The average molecular weight is 293 g/mol. The maximum absolute atomic E-state index is 14.0. The van der Waals surface area contributed by atoms with Gasteiger partial charge in [0.1, 0.15) is 0 Å². The van der Waals surface area contributed by atoms with Gasteiger partial charge >= 0.3 is 0 Å². The van der Waals surface area contributed by atoms with Gasteiger partial charge in [0.2, 0.25) is 0 Å². The summed E-state index contributed by atoms with van der Waals surface area (Å²) < 4.78 is 27.4. The summed E-state index contributed by atoms with van der Waals surface area (Å²) in [6, 6.07) is 9.35. The Hall–Kier alpha value is -1.94. The van der Waals surface area contributed by atoms with Crippen molar-refractivity contribution in [3.05, 3.63) is 64.2 Å². The zero-order chi connectivity index (χ0) is 14.1. The summed E-state index contributed by atoms with van der Waals surface area (Å²) >= 11 is 6.00. The number of fused-ring (bicyclic) bond motifs is 1. The Morgan fingerprint density at radius 3 is 2.80 bits per heavy atom. The van der Waals surface area contributed by atoms with Crippen LogP contribution in [0.2, 0.25) is 5.02 Å². The quantitative estimate of drug-likeness (QED) is 0.847. The average Bonchev–Trinajstić information content (AvgIpc) is 2.64. The van der Waals surface area contributed by atoms with Gasteiger partial charge in [0.25, 0.3) is 0 Å². The molecule has 2 aromatic carbocycles. The van der Waals surface area contributed by atoms with Crippen LogP contribution in [0.15, 0.2) is 41.4 Å². The molecule has 0 saturated carbocycles. The first-order valence-electron chi connectivity index (χ1n) is 6.19. The predicted molar refractivity (Wildman–Crippen MR) is 76.8 cm³/mol. The summed E-state index contributed by atoms with van der Waals surface area (Å²) in [5, 5.41) is 3.72. The molecule has 0 amide bonds. The van der Waals surface area contributed by atoms with E-state index in [4.69, 9.17) is 11.6 Å². The molecule has 20 heavy (non-hydrogen) atoms. The Kier molecular flexibility index (Phi) is 3.40. The van der Waals surface area contributed by atoms with Crippen LogP contribution in [-0.2, 0) is 0 Å². The maximum Gasteiger partial charge on any atom is 0.168 e. The minimum Gasteiger partial charge on any atom is -0.383 e. The van der Waals surface area contributed by atoms with E-state index in [9.17, 15) is 8.78 Å². The first-order valence-corrected chi connectivity index (χ1v) is 6.57. The van der Waals surface area contributed by atoms with E-state index >= 15 is 0 Å². The Morgan fingerprint density at radius 2 is 1.95 bits per heavy atom. The van der Waals surface area contributed by atoms with Gasteiger partial charge in [-0.2, -0.15) is 0 Å². The smallest absolute Gasteiger partial charge is 0.168 e. The van der Waals surface area contributed by atoms with Crippen LogP contribution in [0.3, 0.4) is 0 Å². The minimum atomic E-state index is -0.890. The Balaban J connectivity index is 2.21. The van der Waals surface area contributed by atoms with Crippen molar-refractivity contribution in [2.75, 3.05) is 18.4 Å². The van der Waals surface area contributed by atoms with Gasteiger partial charge in [0.15, 0.2) is 11.6 Å². The van der Waals surface area contributed by atoms with E-state index in [1.165, 1.54) is 12.1 Å². The zero-order valence-electron chi connectivity index (χ0n) is 10.5. The highest BCUT2D eigenvalue weighted by Crippen LogP contribution is 2.27. The van der Waals surface area contributed by atoms with E-state index in [1.807, 2.05) is 6.07 Å². The number of benzene rings is 2. The van der Waals surface area contributed by atoms with Crippen molar-refractivity contribution >= 4 is 23.0 Å². The molecule has 5 heteroatoms. The van der Waals surface area contributed by atoms with Gasteiger partial charge in [-0.05, 0) is 30.3 Å². The van der Waals surface area contributed by atoms with E-state index < -0.39 is 11.6 Å². The summed E-state index contributed by atoms with van der Waals surface area (Å²) in [5.41, 5.74) is 2.07. The number of anilines is 1. The molecule has 0 unspecified atom stereocenters. The van der Waals surface area contributed by atoms with Crippen molar-refractivity contribution in [2.24, 2.45) is 4.99 Å². The van der Waals surface area contributed by atoms with E-state index in [1.54, 1.807) is 12.1 Å². The summed E-state index contributed by atoms with van der Waals surface area (Å²) in [7, 11) is 0. The highest BCUT2D eigenvalue weighted by molar-refractivity contribution is 6.31.